The number of carbonyl (C=O) groups excluding carboxylic acids is 2. The van der Waals surface area contributed by atoms with Crippen LogP contribution in [0, 0.1) is 11.8 Å². The van der Waals surface area contributed by atoms with E-state index in [0.717, 1.165) is 5.56 Å². The number of hydrogen-bond acceptors (Lipinski definition) is 9. The minimum atomic E-state index is -0.570. The van der Waals surface area contributed by atoms with Crippen LogP contribution in [0.15, 0.2) is 41.1 Å². The van der Waals surface area contributed by atoms with E-state index < -0.39 is 23.8 Å². The van der Waals surface area contributed by atoms with E-state index in [0.29, 0.717) is 23.9 Å². The van der Waals surface area contributed by atoms with Gasteiger partial charge in [-0.05, 0) is 36.6 Å². The molecule has 35 heavy (non-hydrogen) atoms. The van der Waals surface area contributed by atoms with Crippen molar-refractivity contribution in [2.45, 2.75) is 40.2 Å². The lowest BCUT2D eigenvalue weighted by Gasteiger charge is -2.19. The van der Waals surface area contributed by atoms with E-state index in [1.807, 2.05) is 26.0 Å². The van der Waals surface area contributed by atoms with Crippen LogP contribution >= 0.6 is 0 Å². The van der Waals surface area contributed by atoms with Crippen molar-refractivity contribution in [1.29, 1.82) is 0 Å². The molecule has 0 spiro atoms. The van der Waals surface area contributed by atoms with Crippen LogP contribution in [0.3, 0.4) is 0 Å². The van der Waals surface area contributed by atoms with Gasteiger partial charge in [0.15, 0.2) is 17.3 Å². The van der Waals surface area contributed by atoms with Crippen molar-refractivity contribution < 1.29 is 28.3 Å². The molecule has 10 heteroatoms. The fourth-order valence-electron chi connectivity index (χ4n) is 3.22. The van der Waals surface area contributed by atoms with Crippen LogP contribution in [0.25, 0.3) is 11.5 Å². The number of esters is 1. The monoisotopic (exact) mass is 482 g/mol. The third kappa shape index (κ3) is 6.34. The van der Waals surface area contributed by atoms with E-state index in [1.165, 1.54) is 19.4 Å². The first-order valence-corrected chi connectivity index (χ1v) is 11.3. The quantitative estimate of drug-likeness (QED) is 0.423. The molecular weight excluding hydrogens is 452 g/mol. The molecule has 0 saturated heterocycles. The predicted molar refractivity (Wildman–Crippen MR) is 127 cm³/mol. The third-order valence-corrected chi connectivity index (χ3v) is 5.08. The normalized spacial score (nSPS) is 11.9. The first kappa shape index (κ1) is 25.7. The van der Waals surface area contributed by atoms with Crippen molar-refractivity contribution in [3.8, 4) is 28.7 Å². The lowest BCUT2D eigenvalue weighted by atomic mass is 10.0. The molecule has 10 nitrogen and oxygen atoms in total. The van der Waals surface area contributed by atoms with Crippen LogP contribution in [0.5, 0.6) is 17.2 Å². The number of nitrogens with one attached hydrogen (secondary N) is 1. The highest BCUT2D eigenvalue weighted by atomic mass is 16.6. The smallest absolute Gasteiger partial charge is 0.313 e. The number of rotatable bonds is 10. The molecular formula is C25H30N4O6. The minimum absolute atomic E-state index is 0.0402. The summed E-state index contributed by atoms with van der Waals surface area (Å²) in [6.07, 6.45) is 1.95. The van der Waals surface area contributed by atoms with E-state index in [1.54, 1.807) is 33.1 Å². The van der Waals surface area contributed by atoms with E-state index in [9.17, 15) is 9.59 Å². The lowest BCUT2D eigenvalue weighted by molar-refractivity contribution is -0.137. The molecule has 1 atom stereocenters. The molecule has 3 rings (SSSR count). The topological polar surface area (TPSA) is 126 Å². The number of hydrogen-bond donors (Lipinski definition) is 1. The second kappa shape index (κ2) is 11.5. The Hall–Kier alpha value is -3.95. The molecule has 0 radical (unpaired) electrons. The number of methoxy groups -OCH3 is 2. The molecule has 2 aromatic heterocycles. The van der Waals surface area contributed by atoms with E-state index in [2.05, 4.69) is 20.4 Å². The van der Waals surface area contributed by atoms with Gasteiger partial charge in [-0.25, -0.2) is 4.98 Å². The maximum Gasteiger partial charge on any atom is 0.313 e. The molecule has 0 unspecified atom stereocenters. The van der Waals surface area contributed by atoms with E-state index in [4.69, 9.17) is 18.7 Å². The first-order valence-electron chi connectivity index (χ1n) is 11.3. The zero-order valence-corrected chi connectivity index (χ0v) is 20.7. The van der Waals surface area contributed by atoms with Gasteiger partial charge < -0.3 is 24.1 Å². The Labute approximate surface area is 204 Å². The average Bonchev–Trinajstić information content (AvgIpc) is 3.33. The molecule has 0 bridgehead atoms. The van der Waals surface area contributed by atoms with Crippen LogP contribution in [-0.4, -0.2) is 41.2 Å². The van der Waals surface area contributed by atoms with Crippen LogP contribution < -0.4 is 19.5 Å². The summed E-state index contributed by atoms with van der Waals surface area (Å²) in [5.41, 5.74) is 0.641. The molecule has 1 N–H and O–H groups in total. The summed E-state index contributed by atoms with van der Waals surface area (Å²) >= 11 is 0. The predicted octanol–water partition coefficient (Wildman–Crippen LogP) is 4.23. The van der Waals surface area contributed by atoms with Gasteiger partial charge in [0.05, 0.1) is 26.2 Å². The van der Waals surface area contributed by atoms with Gasteiger partial charge in [0, 0.05) is 17.8 Å². The van der Waals surface area contributed by atoms with Gasteiger partial charge in [0.1, 0.15) is 5.75 Å². The number of ether oxygens (including phenoxy) is 3. The van der Waals surface area contributed by atoms with Crippen LogP contribution in [0.4, 0.5) is 0 Å². The standard InChI is InChI=1S/C25H30N4O6/c1-14(2)13-18(22-28-24(35-29-22)16-7-9-17(32-5)10-8-16)27-23(30)20-21(34-25(31)15(3)4)19(33-6)11-12-26-20/h7-12,14-15,18H,13H2,1-6H3,(H,27,30)/t18-/m0/s1. The van der Waals surface area contributed by atoms with Gasteiger partial charge in [0.2, 0.25) is 5.75 Å². The Morgan fingerprint density at radius 3 is 2.34 bits per heavy atom. The Morgan fingerprint density at radius 2 is 1.74 bits per heavy atom. The average molecular weight is 483 g/mol. The zero-order chi connectivity index (χ0) is 25.5. The Kier molecular flexibility index (Phi) is 8.40. The summed E-state index contributed by atoms with van der Waals surface area (Å²) in [6.45, 7) is 7.42. The summed E-state index contributed by atoms with van der Waals surface area (Å²) in [5, 5.41) is 7.01. The van der Waals surface area contributed by atoms with Crippen molar-refractivity contribution in [2.75, 3.05) is 14.2 Å². The summed E-state index contributed by atoms with van der Waals surface area (Å²) in [7, 11) is 3.01. The second-order valence-corrected chi connectivity index (χ2v) is 8.61. The van der Waals surface area contributed by atoms with Gasteiger partial charge in [-0.1, -0.05) is 32.9 Å². The van der Waals surface area contributed by atoms with Gasteiger partial charge >= 0.3 is 5.97 Å². The SMILES string of the molecule is COc1ccc(-c2nc([C@H](CC(C)C)NC(=O)c3nccc(OC)c3OC(=O)C(C)C)no2)cc1. The molecule has 186 valence electrons. The van der Waals surface area contributed by atoms with Gasteiger partial charge in [-0.3, -0.25) is 9.59 Å². The fraction of sp³-hybridized carbons (Fsp3) is 0.400. The highest BCUT2D eigenvalue weighted by Crippen LogP contribution is 2.31. The highest BCUT2D eigenvalue weighted by Gasteiger charge is 2.27. The van der Waals surface area contributed by atoms with Crippen molar-refractivity contribution in [2.24, 2.45) is 11.8 Å². The van der Waals surface area contributed by atoms with Crippen molar-refractivity contribution in [3.63, 3.8) is 0 Å². The number of pyridine rings is 1. The Morgan fingerprint density at radius 1 is 1.03 bits per heavy atom. The Balaban J connectivity index is 1.89. The number of benzene rings is 1. The second-order valence-electron chi connectivity index (χ2n) is 8.61. The number of amides is 1. The molecule has 3 aromatic rings. The third-order valence-electron chi connectivity index (χ3n) is 5.08. The Bertz CT molecular complexity index is 1160. The maximum atomic E-state index is 13.3. The highest BCUT2D eigenvalue weighted by molar-refractivity contribution is 5.97. The van der Waals surface area contributed by atoms with Crippen LogP contribution in [0.2, 0.25) is 0 Å². The molecule has 2 heterocycles. The molecule has 0 aliphatic rings. The van der Waals surface area contributed by atoms with Crippen molar-refractivity contribution in [3.05, 3.63) is 48.0 Å². The van der Waals surface area contributed by atoms with Crippen molar-refractivity contribution >= 4 is 11.9 Å². The molecule has 0 saturated carbocycles. The van der Waals surface area contributed by atoms with E-state index in [-0.39, 0.29) is 23.1 Å². The van der Waals surface area contributed by atoms with Gasteiger partial charge in [0.25, 0.3) is 11.8 Å². The maximum absolute atomic E-state index is 13.3. The number of nitrogens with zero attached hydrogens (tertiary/aromatic N) is 3. The first-order chi connectivity index (χ1) is 16.7. The van der Waals surface area contributed by atoms with Crippen LogP contribution in [-0.2, 0) is 4.79 Å². The molecule has 1 aromatic carbocycles. The molecule has 0 fully saturated rings. The lowest BCUT2D eigenvalue weighted by Crippen LogP contribution is -2.31. The van der Waals surface area contributed by atoms with Crippen molar-refractivity contribution in [1.82, 2.24) is 20.4 Å². The zero-order valence-electron chi connectivity index (χ0n) is 20.7. The summed E-state index contributed by atoms with van der Waals surface area (Å²) in [4.78, 5) is 34.2. The molecule has 0 aliphatic carbocycles. The largest absolute Gasteiger partial charge is 0.497 e. The summed E-state index contributed by atoms with van der Waals surface area (Å²) < 4.78 is 21.4. The van der Waals surface area contributed by atoms with Gasteiger partial charge in [-0.2, -0.15) is 4.98 Å². The number of carbonyl (C=O) groups is 2. The van der Waals surface area contributed by atoms with E-state index >= 15 is 0 Å². The molecule has 1 amide bonds. The van der Waals surface area contributed by atoms with Crippen LogP contribution in [0.1, 0.15) is 56.5 Å². The van der Waals surface area contributed by atoms with Gasteiger partial charge in [-0.15, -0.1) is 0 Å². The fourth-order valence-corrected chi connectivity index (χ4v) is 3.22. The summed E-state index contributed by atoms with van der Waals surface area (Å²) in [5.74, 6) is 0.266. The number of aromatic nitrogens is 3. The minimum Gasteiger partial charge on any atom is -0.497 e. The summed E-state index contributed by atoms with van der Waals surface area (Å²) in [6, 6.07) is 8.15. The molecule has 0 aliphatic heterocycles.